The third-order valence-electron chi connectivity index (χ3n) is 9.69. The highest BCUT2D eigenvalue weighted by atomic mass is 32.1. The molecule has 0 amide bonds. The number of hydrogen-bond acceptors (Lipinski definition) is 2. The van der Waals surface area contributed by atoms with Crippen molar-refractivity contribution in [3.8, 4) is 39.1 Å². The fourth-order valence-electron chi connectivity index (χ4n) is 7.36. The Bertz CT molecular complexity index is 2840. The van der Waals surface area contributed by atoms with Crippen molar-refractivity contribution < 1.29 is 0 Å². The Kier molecular flexibility index (Phi) is 6.08. The van der Waals surface area contributed by atoms with Gasteiger partial charge in [-0.05, 0) is 87.1 Å². The molecule has 0 N–H and O–H groups in total. The van der Waals surface area contributed by atoms with Crippen molar-refractivity contribution in [3.63, 3.8) is 0 Å². The van der Waals surface area contributed by atoms with Gasteiger partial charge in [-0.15, -0.1) is 11.3 Å². The van der Waals surface area contributed by atoms with E-state index < -0.39 is 0 Å². The first kappa shape index (κ1) is 27.1. The van der Waals surface area contributed by atoms with E-state index in [1.807, 2.05) is 23.7 Å². The second kappa shape index (κ2) is 10.8. The molecule has 3 aromatic heterocycles. The van der Waals surface area contributed by atoms with Gasteiger partial charge in [-0.3, -0.25) is 4.98 Å². The first-order chi connectivity index (χ1) is 23.8. The summed E-state index contributed by atoms with van der Waals surface area (Å²) in [6, 6.07) is 57.6. The first-order valence-electron chi connectivity index (χ1n) is 16.3. The van der Waals surface area contributed by atoms with Crippen molar-refractivity contribution in [1.29, 1.82) is 0 Å². The summed E-state index contributed by atoms with van der Waals surface area (Å²) < 4.78 is 5.07. The van der Waals surface area contributed by atoms with E-state index in [1.54, 1.807) is 0 Å². The topological polar surface area (TPSA) is 17.8 Å². The van der Waals surface area contributed by atoms with Crippen molar-refractivity contribution in [3.05, 3.63) is 170 Å². The predicted octanol–water partition coefficient (Wildman–Crippen LogP) is 12.7. The van der Waals surface area contributed by atoms with Crippen molar-refractivity contribution in [1.82, 2.24) is 9.55 Å². The third-order valence-corrected chi connectivity index (χ3v) is 10.8. The molecule has 3 heteroatoms. The van der Waals surface area contributed by atoms with Crippen LogP contribution in [0.2, 0.25) is 0 Å². The average Bonchev–Trinajstić information content (AvgIpc) is 3.69. The number of nitrogens with zero attached hydrogens (tertiary/aromatic N) is 2. The van der Waals surface area contributed by atoms with E-state index in [0.717, 1.165) is 5.56 Å². The predicted molar refractivity (Wildman–Crippen MR) is 205 cm³/mol. The molecule has 0 aliphatic carbocycles. The van der Waals surface area contributed by atoms with Crippen molar-refractivity contribution in [2.75, 3.05) is 0 Å². The van der Waals surface area contributed by atoms with Gasteiger partial charge in [0.2, 0.25) is 0 Å². The molecule has 0 unspecified atom stereocenters. The van der Waals surface area contributed by atoms with Gasteiger partial charge in [0.05, 0.1) is 11.0 Å². The van der Waals surface area contributed by atoms with Crippen LogP contribution in [0.25, 0.3) is 91.8 Å². The van der Waals surface area contributed by atoms with Gasteiger partial charge in [-0.1, -0.05) is 109 Å². The Balaban J connectivity index is 1.22. The van der Waals surface area contributed by atoms with Gasteiger partial charge in [0.15, 0.2) is 0 Å². The van der Waals surface area contributed by atoms with Crippen LogP contribution in [-0.4, -0.2) is 9.55 Å². The van der Waals surface area contributed by atoms with Crippen LogP contribution in [0, 0.1) is 0 Å². The molecule has 48 heavy (non-hydrogen) atoms. The summed E-state index contributed by atoms with van der Waals surface area (Å²) in [5.41, 5.74) is 10.7. The molecule has 0 aliphatic heterocycles. The molecular formula is C45H28N2S. The maximum atomic E-state index is 4.50. The monoisotopic (exact) mass is 628 g/mol. The fraction of sp³-hybridized carbons (Fsp3) is 0. The standard InChI is InChI=1S/C45H28N2S/c1-2-9-30(10-3-1)41-28-46-23-22-36(41)34-17-21-42-40(25-34)37-19-16-33(32-15-14-29-8-4-5-11-31(29)24-32)26-43(37)47(42)35-18-20-39-38-12-6-7-13-44(38)48-45(39)27-35/h1-28H. The molecule has 3 heterocycles. The lowest BCUT2D eigenvalue weighted by Gasteiger charge is -2.11. The molecule has 0 fully saturated rings. The molecule has 0 aliphatic rings. The second-order valence-corrected chi connectivity index (χ2v) is 13.5. The Labute approximate surface area is 281 Å². The van der Waals surface area contributed by atoms with Crippen molar-refractivity contribution in [2.45, 2.75) is 0 Å². The van der Waals surface area contributed by atoms with Gasteiger partial charge in [0.1, 0.15) is 0 Å². The van der Waals surface area contributed by atoms with Crippen LogP contribution in [0.3, 0.4) is 0 Å². The molecule has 224 valence electrons. The summed E-state index contributed by atoms with van der Waals surface area (Å²) in [7, 11) is 0. The van der Waals surface area contributed by atoms with Crippen molar-refractivity contribution in [2.24, 2.45) is 0 Å². The number of pyridine rings is 1. The Hall–Kier alpha value is -6.03. The molecule has 0 saturated heterocycles. The second-order valence-electron chi connectivity index (χ2n) is 12.4. The van der Waals surface area contributed by atoms with Crippen LogP contribution in [0.1, 0.15) is 0 Å². The summed E-state index contributed by atoms with van der Waals surface area (Å²) in [6.07, 6.45) is 3.87. The quantitative estimate of drug-likeness (QED) is 0.190. The normalized spacial score (nSPS) is 11.8. The van der Waals surface area contributed by atoms with E-state index >= 15 is 0 Å². The number of rotatable bonds is 4. The lowest BCUT2D eigenvalue weighted by molar-refractivity contribution is 1.19. The van der Waals surface area contributed by atoms with Crippen LogP contribution in [0.15, 0.2) is 170 Å². The van der Waals surface area contributed by atoms with Crippen LogP contribution in [0.4, 0.5) is 0 Å². The highest BCUT2D eigenvalue weighted by Crippen LogP contribution is 2.41. The average molecular weight is 629 g/mol. The Morgan fingerprint density at radius 1 is 0.417 bits per heavy atom. The molecule has 7 aromatic carbocycles. The molecule has 0 bridgehead atoms. The maximum absolute atomic E-state index is 4.50. The molecule has 0 radical (unpaired) electrons. The minimum atomic E-state index is 1.13. The summed E-state index contributed by atoms with van der Waals surface area (Å²) in [5, 5.41) is 7.61. The van der Waals surface area contributed by atoms with E-state index in [0.29, 0.717) is 0 Å². The molecule has 0 atom stereocenters. The van der Waals surface area contributed by atoms with E-state index in [4.69, 9.17) is 0 Å². The fourth-order valence-corrected chi connectivity index (χ4v) is 8.50. The summed E-state index contributed by atoms with van der Waals surface area (Å²) in [5.74, 6) is 0. The highest BCUT2D eigenvalue weighted by molar-refractivity contribution is 7.25. The maximum Gasteiger partial charge on any atom is 0.0547 e. The van der Waals surface area contributed by atoms with E-state index in [1.165, 1.54) is 86.3 Å². The summed E-state index contributed by atoms with van der Waals surface area (Å²) in [4.78, 5) is 4.50. The van der Waals surface area contributed by atoms with Crippen molar-refractivity contribution >= 4 is 64.1 Å². The van der Waals surface area contributed by atoms with Gasteiger partial charge < -0.3 is 4.57 Å². The van der Waals surface area contributed by atoms with Crippen LogP contribution >= 0.6 is 11.3 Å². The van der Waals surface area contributed by atoms with Gasteiger partial charge in [0, 0.05) is 54.6 Å². The number of aromatic nitrogens is 2. The van der Waals surface area contributed by atoms with Gasteiger partial charge in [0.25, 0.3) is 0 Å². The largest absolute Gasteiger partial charge is 0.309 e. The van der Waals surface area contributed by atoms with Crippen LogP contribution in [-0.2, 0) is 0 Å². The number of benzene rings is 7. The minimum absolute atomic E-state index is 1.13. The number of fused-ring (bicyclic) bond motifs is 7. The molecule has 0 saturated carbocycles. The zero-order valence-electron chi connectivity index (χ0n) is 26.0. The number of thiophene rings is 1. The molecule has 2 nitrogen and oxygen atoms in total. The Morgan fingerprint density at radius 2 is 1.17 bits per heavy atom. The lowest BCUT2D eigenvalue weighted by atomic mass is 9.95. The number of hydrogen-bond donors (Lipinski definition) is 0. The summed E-state index contributed by atoms with van der Waals surface area (Å²) in [6.45, 7) is 0. The smallest absolute Gasteiger partial charge is 0.0547 e. The van der Waals surface area contributed by atoms with Gasteiger partial charge in [-0.25, -0.2) is 0 Å². The first-order valence-corrected chi connectivity index (χ1v) is 17.1. The van der Waals surface area contributed by atoms with E-state index in [2.05, 4.69) is 167 Å². The van der Waals surface area contributed by atoms with Crippen LogP contribution < -0.4 is 0 Å². The lowest BCUT2D eigenvalue weighted by Crippen LogP contribution is -1.94. The minimum Gasteiger partial charge on any atom is -0.309 e. The Morgan fingerprint density at radius 3 is 2.10 bits per heavy atom. The zero-order chi connectivity index (χ0) is 31.6. The highest BCUT2D eigenvalue weighted by Gasteiger charge is 2.17. The SMILES string of the molecule is c1ccc(-c2cnccc2-c2ccc3c(c2)c2ccc(-c4ccc5ccccc5c4)cc2n3-c2ccc3c(c2)sc2ccccc23)cc1. The molecular weight excluding hydrogens is 601 g/mol. The van der Waals surface area contributed by atoms with E-state index in [-0.39, 0.29) is 0 Å². The summed E-state index contributed by atoms with van der Waals surface area (Å²) >= 11 is 1.86. The van der Waals surface area contributed by atoms with Gasteiger partial charge in [-0.2, -0.15) is 0 Å². The molecule has 10 rings (SSSR count). The van der Waals surface area contributed by atoms with Crippen LogP contribution in [0.5, 0.6) is 0 Å². The van der Waals surface area contributed by atoms with Gasteiger partial charge >= 0.3 is 0 Å². The third kappa shape index (κ3) is 4.29. The van der Waals surface area contributed by atoms with E-state index in [9.17, 15) is 0 Å². The molecule has 10 aromatic rings. The molecule has 0 spiro atoms. The zero-order valence-corrected chi connectivity index (χ0v) is 26.8.